The smallest absolute Gasteiger partial charge is 0.244 e. The molecule has 1 aliphatic heterocycles. The molecule has 1 saturated heterocycles. The van der Waals surface area contributed by atoms with Crippen molar-refractivity contribution >= 4 is 37.8 Å². The van der Waals surface area contributed by atoms with Gasteiger partial charge in [0.1, 0.15) is 0 Å². The molecule has 1 aromatic rings. The molecule has 0 saturated carbocycles. The van der Waals surface area contributed by atoms with Gasteiger partial charge in [-0.15, -0.1) is 0 Å². The van der Waals surface area contributed by atoms with Crippen molar-refractivity contribution in [1.82, 2.24) is 14.5 Å². The topological polar surface area (TPSA) is 121 Å². The third kappa shape index (κ3) is 6.12. The van der Waals surface area contributed by atoms with Gasteiger partial charge in [0.25, 0.3) is 0 Å². The molecule has 0 aliphatic carbocycles. The van der Waals surface area contributed by atoms with E-state index in [1.54, 1.807) is 12.1 Å². The van der Waals surface area contributed by atoms with Crippen LogP contribution < -0.4 is 5.32 Å². The van der Waals surface area contributed by atoms with Crippen molar-refractivity contribution in [3.05, 3.63) is 35.9 Å². The Labute approximate surface area is 171 Å². The van der Waals surface area contributed by atoms with Crippen LogP contribution in [0.3, 0.4) is 0 Å². The minimum absolute atomic E-state index is 0.0602. The van der Waals surface area contributed by atoms with Gasteiger partial charge in [0, 0.05) is 33.3 Å². The Morgan fingerprint density at radius 1 is 1.24 bits per heavy atom. The number of rotatable bonds is 7. The molecule has 2 rings (SSSR count). The van der Waals surface area contributed by atoms with E-state index >= 15 is 0 Å². The summed E-state index contributed by atoms with van der Waals surface area (Å²) in [5.74, 6) is -0.901. The molecular formula is C18H25N3O6S2. The van der Waals surface area contributed by atoms with Gasteiger partial charge < -0.3 is 10.2 Å². The number of likely N-dealkylation sites (N-methyl/N-ethyl adjacent to an activating group) is 1. The Hall–Kier alpha value is -2.24. The Morgan fingerprint density at radius 2 is 1.93 bits per heavy atom. The summed E-state index contributed by atoms with van der Waals surface area (Å²) in [6.45, 7) is -0.259. The highest BCUT2D eigenvalue weighted by atomic mass is 32.2. The lowest BCUT2D eigenvalue weighted by Crippen LogP contribution is -2.43. The van der Waals surface area contributed by atoms with Gasteiger partial charge in [-0.2, -0.15) is 0 Å². The summed E-state index contributed by atoms with van der Waals surface area (Å²) >= 11 is 0. The number of hydrogen-bond donors (Lipinski definition) is 1. The molecule has 1 unspecified atom stereocenters. The largest absolute Gasteiger partial charge is 0.343 e. The van der Waals surface area contributed by atoms with Gasteiger partial charge in [-0.05, 0) is 30.2 Å². The van der Waals surface area contributed by atoms with Crippen LogP contribution in [0.15, 0.2) is 35.2 Å². The summed E-state index contributed by atoms with van der Waals surface area (Å²) in [6, 6.07) is 5.75. The van der Waals surface area contributed by atoms with Crippen LogP contribution in [0.5, 0.6) is 0 Å². The first-order valence-corrected chi connectivity index (χ1v) is 12.1. The van der Waals surface area contributed by atoms with E-state index in [2.05, 4.69) is 5.32 Å². The molecule has 1 atom stereocenters. The highest BCUT2D eigenvalue weighted by Gasteiger charge is 2.32. The number of sulfone groups is 1. The molecule has 1 fully saturated rings. The highest BCUT2D eigenvalue weighted by Crippen LogP contribution is 2.17. The molecule has 29 heavy (non-hydrogen) atoms. The van der Waals surface area contributed by atoms with Gasteiger partial charge in [-0.1, -0.05) is 12.1 Å². The summed E-state index contributed by atoms with van der Waals surface area (Å²) in [4.78, 5) is 25.6. The van der Waals surface area contributed by atoms with Crippen molar-refractivity contribution in [3.63, 3.8) is 0 Å². The summed E-state index contributed by atoms with van der Waals surface area (Å²) in [5.41, 5.74) is 0.516. The van der Waals surface area contributed by atoms with Crippen LogP contribution in [0.25, 0.3) is 6.08 Å². The molecule has 1 heterocycles. The Morgan fingerprint density at radius 3 is 2.52 bits per heavy atom. The maximum absolute atomic E-state index is 12.2. The number of sulfonamides is 1. The Kier molecular flexibility index (Phi) is 7.20. The molecule has 9 nitrogen and oxygen atoms in total. The van der Waals surface area contributed by atoms with Crippen molar-refractivity contribution in [2.24, 2.45) is 0 Å². The minimum Gasteiger partial charge on any atom is -0.343 e. The molecule has 0 radical (unpaired) electrons. The number of nitrogens with zero attached hydrogens (tertiary/aromatic N) is 2. The van der Waals surface area contributed by atoms with Crippen LogP contribution in [0, 0.1) is 0 Å². The summed E-state index contributed by atoms with van der Waals surface area (Å²) < 4.78 is 48.4. The van der Waals surface area contributed by atoms with Crippen LogP contribution in [0.1, 0.15) is 12.0 Å². The fraction of sp³-hybridized carbons (Fsp3) is 0.444. The van der Waals surface area contributed by atoms with Crippen LogP contribution in [-0.4, -0.2) is 83.1 Å². The van der Waals surface area contributed by atoms with Crippen LogP contribution >= 0.6 is 0 Å². The number of nitrogens with one attached hydrogen (secondary N) is 1. The van der Waals surface area contributed by atoms with Gasteiger partial charge in [0.2, 0.25) is 21.8 Å². The lowest BCUT2D eigenvalue weighted by Gasteiger charge is -2.23. The quantitative estimate of drug-likeness (QED) is 0.578. The van der Waals surface area contributed by atoms with E-state index in [9.17, 15) is 26.4 Å². The summed E-state index contributed by atoms with van der Waals surface area (Å²) in [6.07, 6.45) is 3.04. The maximum Gasteiger partial charge on any atom is 0.244 e. The fourth-order valence-electron chi connectivity index (χ4n) is 2.79. The predicted octanol–water partition coefficient (Wildman–Crippen LogP) is -0.288. The average molecular weight is 444 g/mol. The van der Waals surface area contributed by atoms with E-state index in [0.29, 0.717) is 12.0 Å². The van der Waals surface area contributed by atoms with Crippen molar-refractivity contribution in [1.29, 1.82) is 0 Å². The van der Waals surface area contributed by atoms with E-state index < -0.39 is 25.8 Å². The second-order valence-electron chi connectivity index (χ2n) is 6.97. The standard InChI is InChI=1S/C18H25N3O6S2/c1-20(2)29(26,27)16-6-4-5-14(11-16)7-8-17(22)19-12-18(23)21(3)15-9-10-28(24,25)13-15/h4-8,11,15H,9-10,12-13H2,1-3H3,(H,19,22). The normalized spacial score (nSPS) is 18.8. The first-order valence-electron chi connectivity index (χ1n) is 8.87. The monoisotopic (exact) mass is 443 g/mol. The van der Waals surface area contributed by atoms with Gasteiger partial charge >= 0.3 is 0 Å². The van der Waals surface area contributed by atoms with Gasteiger partial charge in [-0.25, -0.2) is 21.1 Å². The zero-order valence-corrected chi connectivity index (χ0v) is 18.2. The minimum atomic E-state index is -3.58. The SMILES string of the molecule is CN(C(=O)CNC(=O)C=Cc1cccc(S(=O)(=O)N(C)C)c1)C1CCS(=O)(=O)C1. The van der Waals surface area contributed by atoms with Crippen LogP contribution in [0.4, 0.5) is 0 Å². The zero-order valence-electron chi connectivity index (χ0n) is 16.5. The Balaban J connectivity index is 1.92. The van der Waals surface area contributed by atoms with Crippen molar-refractivity contribution in [3.8, 4) is 0 Å². The number of hydrogen-bond acceptors (Lipinski definition) is 6. The predicted molar refractivity (Wildman–Crippen MR) is 109 cm³/mol. The van der Waals surface area contributed by atoms with Crippen molar-refractivity contribution in [2.75, 3.05) is 39.2 Å². The second-order valence-corrected chi connectivity index (χ2v) is 11.4. The first kappa shape index (κ1) is 23.0. The summed E-state index contributed by atoms with van der Waals surface area (Å²) in [5, 5.41) is 2.45. The number of carbonyl (C=O) groups is 2. The number of amides is 2. The van der Waals surface area contributed by atoms with E-state index in [1.165, 1.54) is 50.3 Å². The molecule has 1 N–H and O–H groups in total. The van der Waals surface area contributed by atoms with Gasteiger partial charge in [0.05, 0.1) is 22.9 Å². The molecule has 0 bridgehead atoms. The molecule has 1 aliphatic rings. The van der Waals surface area contributed by atoms with Crippen LogP contribution in [0.2, 0.25) is 0 Å². The number of carbonyl (C=O) groups excluding carboxylic acids is 2. The Bertz CT molecular complexity index is 1020. The molecule has 1 aromatic carbocycles. The van der Waals surface area contributed by atoms with Crippen molar-refractivity contribution < 1.29 is 26.4 Å². The van der Waals surface area contributed by atoms with Crippen molar-refractivity contribution in [2.45, 2.75) is 17.4 Å². The van der Waals surface area contributed by atoms with Gasteiger partial charge in [-0.3, -0.25) is 9.59 Å². The average Bonchev–Trinajstić information content (AvgIpc) is 3.03. The second kappa shape index (κ2) is 9.06. The zero-order chi connectivity index (χ0) is 21.8. The van der Waals surface area contributed by atoms with E-state index in [4.69, 9.17) is 0 Å². The van der Waals surface area contributed by atoms with E-state index in [1.807, 2.05) is 0 Å². The highest BCUT2D eigenvalue weighted by molar-refractivity contribution is 7.91. The lowest BCUT2D eigenvalue weighted by atomic mass is 10.2. The van der Waals surface area contributed by atoms with Gasteiger partial charge in [0.15, 0.2) is 9.84 Å². The third-order valence-corrected chi connectivity index (χ3v) is 8.19. The molecule has 11 heteroatoms. The molecule has 160 valence electrons. The van der Waals surface area contributed by atoms with E-state index in [0.717, 1.165) is 4.31 Å². The lowest BCUT2D eigenvalue weighted by molar-refractivity contribution is -0.132. The fourth-order valence-corrected chi connectivity index (χ4v) is 5.52. The first-order chi connectivity index (χ1) is 13.4. The summed E-state index contributed by atoms with van der Waals surface area (Å²) in [7, 11) is -2.30. The molecule has 0 aromatic heterocycles. The molecular weight excluding hydrogens is 418 g/mol. The maximum atomic E-state index is 12.2. The van der Waals surface area contributed by atoms with E-state index in [-0.39, 0.29) is 34.9 Å². The molecule has 2 amide bonds. The number of benzene rings is 1. The molecule has 0 spiro atoms. The third-order valence-electron chi connectivity index (χ3n) is 4.63. The van der Waals surface area contributed by atoms with Crippen LogP contribution in [-0.2, 0) is 29.4 Å².